The quantitative estimate of drug-likeness (QED) is 0.191. The number of benzene rings is 3. The van der Waals surface area contributed by atoms with Gasteiger partial charge < -0.3 is 19.1 Å². The average Bonchev–Trinajstić information content (AvgIpc) is 3.12. The van der Waals surface area contributed by atoms with E-state index in [9.17, 15) is 18.7 Å². The first kappa shape index (κ1) is 27.8. The molecule has 0 amide bonds. The molecule has 0 bridgehead atoms. The lowest BCUT2D eigenvalue weighted by atomic mass is 10.2. The molecule has 0 radical (unpaired) electrons. The molecule has 0 aliphatic carbocycles. The maximum Gasteiger partial charge on any atom is 0.419 e. The van der Waals surface area contributed by atoms with Crippen LogP contribution in [0.25, 0.3) is 10.9 Å². The van der Waals surface area contributed by atoms with E-state index in [1.165, 1.54) is 24.8 Å². The summed E-state index contributed by atoms with van der Waals surface area (Å²) < 4.78 is 40.2. The first-order valence-corrected chi connectivity index (χ1v) is 13.0. The third kappa shape index (κ3) is 6.26. The molecule has 198 valence electrons. The number of fused-ring (bicyclic) bond motifs is 1. The molecule has 3 aromatic carbocycles. The smallest absolute Gasteiger partial charge is 0.419 e. The minimum absolute atomic E-state index is 0.0143. The molecule has 0 saturated carbocycles. The van der Waals surface area contributed by atoms with Gasteiger partial charge in [-0.15, -0.1) is 0 Å². The fourth-order valence-corrected chi connectivity index (χ4v) is 5.14. The summed E-state index contributed by atoms with van der Waals surface area (Å²) in [6.07, 6.45) is -4.17. The lowest BCUT2D eigenvalue weighted by molar-refractivity contribution is -0.144. The molecule has 0 spiro atoms. The number of carboxylic acid groups (broad SMARTS) is 1. The van der Waals surface area contributed by atoms with Gasteiger partial charge in [0, 0.05) is 44.6 Å². The number of ether oxygens (including phenoxy) is 2. The number of hydrogen-bond donors (Lipinski definition) is 1. The zero-order valence-electron chi connectivity index (χ0n) is 20.4. The van der Waals surface area contributed by atoms with Gasteiger partial charge in [0.1, 0.15) is 11.5 Å². The van der Waals surface area contributed by atoms with Crippen LogP contribution in [0.1, 0.15) is 18.2 Å². The Balaban J connectivity index is 1.79. The Morgan fingerprint density at radius 2 is 1.87 bits per heavy atom. The fraction of sp³-hybridized carbons (Fsp3) is 0.179. The van der Waals surface area contributed by atoms with Gasteiger partial charge in [-0.2, -0.15) is 8.78 Å². The van der Waals surface area contributed by atoms with Crippen molar-refractivity contribution in [1.29, 1.82) is 0 Å². The Morgan fingerprint density at radius 3 is 2.53 bits per heavy atom. The number of carboxylic acids is 1. The van der Waals surface area contributed by atoms with Crippen molar-refractivity contribution in [2.75, 3.05) is 0 Å². The first-order chi connectivity index (χ1) is 18.0. The molecule has 4 rings (SSSR count). The van der Waals surface area contributed by atoms with Gasteiger partial charge >= 0.3 is 12.1 Å². The molecule has 1 heterocycles. The summed E-state index contributed by atoms with van der Waals surface area (Å²) in [5.74, 6) is -0.898. The third-order valence-electron chi connectivity index (χ3n) is 5.75. The van der Waals surface area contributed by atoms with Crippen LogP contribution in [-0.2, 0) is 11.3 Å². The number of hydrogen-bond acceptors (Lipinski definition) is 4. The minimum atomic E-state index is -3.52. The molecular weight excluding hydrogens is 555 g/mol. The summed E-state index contributed by atoms with van der Waals surface area (Å²) in [4.78, 5) is 13.2. The number of aliphatic carboxylic acids is 1. The van der Waals surface area contributed by atoms with E-state index in [1.807, 2.05) is 23.6 Å². The van der Waals surface area contributed by atoms with Crippen molar-refractivity contribution in [1.82, 2.24) is 4.57 Å². The van der Waals surface area contributed by atoms with Crippen molar-refractivity contribution in [3.63, 3.8) is 0 Å². The summed E-state index contributed by atoms with van der Waals surface area (Å²) in [5.41, 5.74) is 2.34. The molecule has 10 heteroatoms. The molecule has 38 heavy (non-hydrogen) atoms. The molecule has 5 nitrogen and oxygen atoms in total. The predicted octanol–water partition coefficient (Wildman–Crippen LogP) is 8.47. The van der Waals surface area contributed by atoms with Crippen LogP contribution in [0.4, 0.5) is 8.78 Å². The van der Waals surface area contributed by atoms with E-state index in [0.29, 0.717) is 23.2 Å². The molecule has 0 fully saturated rings. The van der Waals surface area contributed by atoms with E-state index in [1.54, 1.807) is 42.5 Å². The Bertz CT molecular complexity index is 1510. The largest absolute Gasteiger partial charge is 0.479 e. The van der Waals surface area contributed by atoms with Crippen LogP contribution in [-0.4, -0.2) is 27.9 Å². The van der Waals surface area contributed by atoms with Crippen LogP contribution < -0.4 is 9.47 Å². The van der Waals surface area contributed by atoms with Gasteiger partial charge in [0.2, 0.25) is 0 Å². The molecule has 1 aromatic heterocycles. The fourth-order valence-electron chi connectivity index (χ4n) is 3.80. The van der Waals surface area contributed by atoms with E-state index < -0.39 is 18.2 Å². The van der Waals surface area contributed by atoms with Crippen molar-refractivity contribution < 1.29 is 28.2 Å². The van der Waals surface area contributed by atoms with Gasteiger partial charge in [-0.1, -0.05) is 47.6 Å². The number of halogens is 4. The molecule has 0 aliphatic heterocycles. The molecule has 4 aromatic rings. The number of carbonyl (C=O) groups is 1. The average molecular weight is 578 g/mol. The van der Waals surface area contributed by atoms with Crippen molar-refractivity contribution in [3.8, 4) is 11.5 Å². The van der Waals surface area contributed by atoms with Crippen molar-refractivity contribution >= 4 is 51.8 Å². The van der Waals surface area contributed by atoms with Crippen LogP contribution in [0.2, 0.25) is 10.0 Å². The lowest BCUT2D eigenvalue weighted by Crippen LogP contribution is -2.23. The van der Waals surface area contributed by atoms with Gasteiger partial charge in [-0.05, 0) is 67.9 Å². The molecular formula is C28H23Cl2F2NO4S. The second-order valence-corrected chi connectivity index (χ2v) is 10.4. The van der Waals surface area contributed by atoms with E-state index in [4.69, 9.17) is 32.7 Å². The zero-order valence-corrected chi connectivity index (χ0v) is 22.7. The van der Waals surface area contributed by atoms with E-state index >= 15 is 0 Å². The number of alkyl halides is 2. The second-order valence-electron chi connectivity index (χ2n) is 8.47. The normalized spacial score (nSPS) is 12.4. The highest BCUT2D eigenvalue weighted by Crippen LogP contribution is 2.41. The van der Waals surface area contributed by atoms with Crippen LogP contribution in [0, 0.1) is 6.92 Å². The summed E-state index contributed by atoms with van der Waals surface area (Å²) in [6.45, 7) is 6.82. The summed E-state index contributed by atoms with van der Waals surface area (Å²) in [5, 5.41) is 10.9. The SMILES string of the molecule is C=CC(F)(F)Oc1ccc2c(Sc3ccc(Cl)cc3)c(C)n(Cc3ccc(Cl)c(O[C@H](C)C(=O)O)c3)c2c1. The first-order valence-electron chi connectivity index (χ1n) is 11.4. The molecule has 0 saturated heterocycles. The lowest BCUT2D eigenvalue weighted by Gasteiger charge is -2.16. The van der Waals surface area contributed by atoms with Crippen molar-refractivity contribution in [3.05, 3.63) is 94.6 Å². The summed E-state index contributed by atoms with van der Waals surface area (Å²) in [6, 6.07) is 17.3. The topological polar surface area (TPSA) is 60.7 Å². The maximum absolute atomic E-state index is 13.9. The van der Waals surface area contributed by atoms with Gasteiger partial charge in [0.25, 0.3) is 0 Å². The monoisotopic (exact) mass is 577 g/mol. The highest BCUT2D eigenvalue weighted by atomic mass is 35.5. The Labute approximate surface area is 232 Å². The highest BCUT2D eigenvalue weighted by molar-refractivity contribution is 7.99. The number of rotatable bonds is 10. The van der Waals surface area contributed by atoms with Crippen LogP contribution in [0.15, 0.2) is 83.1 Å². The van der Waals surface area contributed by atoms with E-state index in [0.717, 1.165) is 26.4 Å². The Kier molecular flexibility index (Phi) is 8.25. The molecule has 0 aliphatic rings. The van der Waals surface area contributed by atoms with Crippen molar-refractivity contribution in [2.24, 2.45) is 0 Å². The summed E-state index contributed by atoms with van der Waals surface area (Å²) >= 11 is 13.8. The standard InChI is InChI=1S/C28H23Cl2F2NO4S/c1-4-28(31,32)37-20-8-11-22-24(14-20)33(16(2)26(22)38-21-9-6-19(29)7-10-21)15-18-5-12-23(30)25(13-18)36-17(3)27(34)35/h4-14,17H,1,15H2,2-3H3,(H,34,35)/t17-/m1/s1. The van der Waals surface area contributed by atoms with Gasteiger partial charge in [-0.3, -0.25) is 0 Å². The second kappa shape index (κ2) is 11.3. The third-order valence-corrected chi connectivity index (χ3v) is 7.54. The number of nitrogens with zero attached hydrogens (tertiary/aromatic N) is 1. The van der Waals surface area contributed by atoms with E-state index in [2.05, 4.69) is 6.58 Å². The minimum Gasteiger partial charge on any atom is -0.479 e. The van der Waals surface area contributed by atoms with Crippen LogP contribution in [0.3, 0.4) is 0 Å². The Hall–Kier alpha value is -3.20. The molecule has 1 atom stereocenters. The van der Waals surface area contributed by atoms with E-state index in [-0.39, 0.29) is 16.5 Å². The van der Waals surface area contributed by atoms with Crippen LogP contribution in [0.5, 0.6) is 11.5 Å². The predicted molar refractivity (Wildman–Crippen MR) is 146 cm³/mol. The highest BCUT2D eigenvalue weighted by Gasteiger charge is 2.27. The number of aromatic nitrogens is 1. The Morgan fingerprint density at radius 1 is 1.16 bits per heavy atom. The van der Waals surface area contributed by atoms with Gasteiger partial charge in [0.15, 0.2) is 6.10 Å². The van der Waals surface area contributed by atoms with Crippen LogP contribution >= 0.6 is 35.0 Å². The zero-order chi connectivity index (χ0) is 27.6. The van der Waals surface area contributed by atoms with Gasteiger partial charge in [-0.25, -0.2) is 4.79 Å². The molecule has 0 unspecified atom stereocenters. The van der Waals surface area contributed by atoms with Gasteiger partial charge in [0.05, 0.1) is 10.5 Å². The summed E-state index contributed by atoms with van der Waals surface area (Å²) in [7, 11) is 0. The van der Waals surface area contributed by atoms with Crippen molar-refractivity contribution in [2.45, 2.75) is 42.4 Å². The maximum atomic E-state index is 13.9. The molecule has 1 N–H and O–H groups in total.